The van der Waals surface area contributed by atoms with E-state index >= 15 is 0 Å². The van der Waals surface area contributed by atoms with E-state index < -0.39 is 0 Å². The molecular weight excluding hydrogens is 505 g/mol. The van der Waals surface area contributed by atoms with Gasteiger partial charge in [0.1, 0.15) is 0 Å². The van der Waals surface area contributed by atoms with Gasteiger partial charge in [-0.3, -0.25) is 19.5 Å². The maximum Gasteiger partial charge on any atom is 0.261 e. The molecule has 3 rings (SSSR count). The van der Waals surface area contributed by atoms with Crippen molar-refractivity contribution in [3.63, 3.8) is 0 Å². The lowest BCUT2D eigenvalue weighted by Crippen LogP contribution is -2.41. The number of piperidine rings is 1. The second kappa shape index (κ2) is 13.0. The van der Waals surface area contributed by atoms with E-state index in [1.807, 2.05) is 0 Å². The Kier molecular flexibility index (Phi) is 10.7. The lowest BCUT2D eigenvalue weighted by Gasteiger charge is -2.33. The minimum atomic E-state index is -0.177. The zero-order chi connectivity index (χ0) is 21.3. The van der Waals surface area contributed by atoms with Gasteiger partial charge in [0.2, 0.25) is 0 Å². The van der Waals surface area contributed by atoms with Crippen molar-refractivity contribution in [1.82, 2.24) is 20.4 Å². The van der Waals surface area contributed by atoms with Gasteiger partial charge in [0.05, 0.1) is 11.1 Å². The molecule has 1 aromatic rings. The summed E-state index contributed by atoms with van der Waals surface area (Å²) in [7, 11) is 1.78. The third kappa shape index (κ3) is 6.90. The van der Waals surface area contributed by atoms with Gasteiger partial charge < -0.3 is 15.5 Å². The number of benzene rings is 1. The second-order valence-corrected chi connectivity index (χ2v) is 8.17. The maximum atomic E-state index is 12.4. The third-order valence-corrected chi connectivity index (χ3v) is 6.06. The van der Waals surface area contributed by atoms with E-state index in [0.717, 1.165) is 44.9 Å². The summed E-state index contributed by atoms with van der Waals surface area (Å²) in [5.74, 6) is 0.454. The molecule has 2 N–H and O–H groups in total. The van der Waals surface area contributed by atoms with Gasteiger partial charge in [-0.25, -0.2) is 0 Å². The number of nitrogens with zero attached hydrogens (tertiary/aromatic N) is 3. The molecule has 1 unspecified atom stereocenters. The van der Waals surface area contributed by atoms with E-state index in [9.17, 15) is 9.59 Å². The van der Waals surface area contributed by atoms with Crippen LogP contribution in [0.1, 0.15) is 66.2 Å². The molecule has 0 saturated carbocycles. The number of fused-ring (bicyclic) bond motifs is 1. The van der Waals surface area contributed by atoms with Crippen molar-refractivity contribution in [3.8, 4) is 0 Å². The first kappa shape index (κ1) is 25.6. The minimum Gasteiger partial charge on any atom is -0.356 e. The van der Waals surface area contributed by atoms with Gasteiger partial charge in [0.15, 0.2) is 5.96 Å². The molecule has 0 aliphatic carbocycles. The molecule has 0 bridgehead atoms. The number of nitrogens with one attached hydrogen (secondary N) is 2. The number of halogens is 1. The van der Waals surface area contributed by atoms with Crippen molar-refractivity contribution >= 4 is 41.8 Å². The smallest absolute Gasteiger partial charge is 0.261 e. The average molecular weight is 541 g/mol. The number of amides is 2. The van der Waals surface area contributed by atoms with Crippen molar-refractivity contribution in [1.29, 1.82) is 0 Å². The van der Waals surface area contributed by atoms with Gasteiger partial charge in [-0.15, -0.1) is 24.0 Å². The molecule has 7 nitrogen and oxygen atoms in total. The van der Waals surface area contributed by atoms with Gasteiger partial charge >= 0.3 is 0 Å². The molecule has 2 aliphatic rings. The topological polar surface area (TPSA) is 77.0 Å². The Labute approximate surface area is 203 Å². The Morgan fingerprint density at radius 1 is 1.00 bits per heavy atom. The molecule has 0 spiro atoms. The molecule has 1 saturated heterocycles. The van der Waals surface area contributed by atoms with Crippen LogP contribution in [0, 0.1) is 0 Å². The van der Waals surface area contributed by atoms with E-state index in [-0.39, 0.29) is 35.8 Å². The van der Waals surface area contributed by atoms with E-state index in [4.69, 9.17) is 0 Å². The largest absolute Gasteiger partial charge is 0.356 e. The highest BCUT2D eigenvalue weighted by Crippen LogP contribution is 2.22. The molecule has 31 heavy (non-hydrogen) atoms. The number of guanidine groups is 1. The molecule has 2 heterocycles. The molecule has 0 aromatic heterocycles. The summed E-state index contributed by atoms with van der Waals surface area (Å²) in [4.78, 5) is 32.9. The quantitative estimate of drug-likeness (QED) is 0.165. The van der Waals surface area contributed by atoms with Crippen LogP contribution in [0.5, 0.6) is 0 Å². The summed E-state index contributed by atoms with van der Waals surface area (Å²) in [6.45, 7) is 6.79. The molecule has 0 radical (unpaired) electrons. The van der Waals surface area contributed by atoms with Crippen LogP contribution in [0.15, 0.2) is 29.3 Å². The van der Waals surface area contributed by atoms with E-state index in [2.05, 4.69) is 27.4 Å². The first-order valence-electron chi connectivity index (χ1n) is 11.3. The lowest BCUT2D eigenvalue weighted by atomic mass is 10.0. The molecule has 172 valence electrons. The number of rotatable bonds is 9. The van der Waals surface area contributed by atoms with Crippen LogP contribution >= 0.6 is 24.0 Å². The second-order valence-electron chi connectivity index (χ2n) is 8.17. The standard InChI is InChI=1S/C23H35N5O2.HI/c1-18-10-5-7-15-27(18)16-9-14-26-23(24-2)25-13-6-8-17-28-21(29)19-11-3-4-12-20(19)22(28)30;/h3-4,11-12,18H,5-10,13-17H2,1-2H3,(H2,24,25,26);1H. The molecule has 1 atom stereocenters. The Bertz CT molecular complexity index is 735. The Morgan fingerprint density at radius 2 is 1.65 bits per heavy atom. The van der Waals surface area contributed by atoms with Crippen LogP contribution in [0.2, 0.25) is 0 Å². The normalized spacial score (nSPS) is 19.2. The molecule has 2 amide bonds. The fourth-order valence-electron chi connectivity index (χ4n) is 4.24. The van der Waals surface area contributed by atoms with Gasteiger partial charge in [-0.2, -0.15) is 0 Å². The summed E-state index contributed by atoms with van der Waals surface area (Å²) in [5, 5.41) is 6.69. The highest BCUT2D eigenvalue weighted by Gasteiger charge is 2.34. The zero-order valence-electron chi connectivity index (χ0n) is 18.7. The number of carbonyl (C=O) groups excluding carboxylic acids is 2. The van der Waals surface area contributed by atoms with Gasteiger partial charge in [0.25, 0.3) is 11.8 Å². The highest BCUT2D eigenvalue weighted by molar-refractivity contribution is 14.0. The van der Waals surface area contributed by atoms with Crippen molar-refractivity contribution < 1.29 is 9.59 Å². The van der Waals surface area contributed by atoms with Crippen molar-refractivity contribution in [3.05, 3.63) is 35.4 Å². The van der Waals surface area contributed by atoms with Crippen molar-refractivity contribution in [2.45, 2.75) is 51.5 Å². The first-order chi connectivity index (χ1) is 14.6. The SMILES string of the molecule is CN=C(NCCCCN1C(=O)c2ccccc2C1=O)NCCCN1CCCCC1C.I. The number of aliphatic imine (C=N–C) groups is 1. The summed E-state index contributed by atoms with van der Waals surface area (Å²) in [5.41, 5.74) is 1.04. The fraction of sp³-hybridized carbons (Fsp3) is 0.609. The monoisotopic (exact) mass is 541 g/mol. The van der Waals surface area contributed by atoms with Gasteiger partial charge in [-0.1, -0.05) is 18.6 Å². The summed E-state index contributed by atoms with van der Waals surface area (Å²) >= 11 is 0. The van der Waals surface area contributed by atoms with E-state index in [1.165, 1.54) is 30.7 Å². The van der Waals surface area contributed by atoms with Crippen LogP contribution in [0.25, 0.3) is 0 Å². The number of unbranched alkanes of at least 4 members (excludes halogenated alkanes) is 1. The predicted octanol–water partition coefficient (Wildman–Crippen LogP) is 3.11. The van der Waals surface area contributed by atoms with E-state index in [0.29, 0.717) is 23.7 Å². The maximum absolute atomic E-state index is 12.4. The van der Waals surface area contributed by atoms with Crippen molar-refractivity contribution in [2.75, 3.05) is 39.8 Å². The predicted molar refractivity (Wildman–Crippen MR) is 135 cm³/mol. The number of imide groups is 1. The molecule has 1 fully saturated rings. The Hall–Kier alpha value is -1.68. The van der Waals surface area contributed by atoms with Crippen LogP contribution in [0.4, 0.5) is 0 Å². The van der Waals surface area contributed by atoms with E-state index in [1.54, 1.807) is 31.3 Å². The Balaban J connectivity index is 0.00000341. The number of hydrogen-bond acceptors (Lipinski definition) is 4. The fourth-order valence-corrected chi connectivity index (χ4v) is 4.24. The first-order valence-corrected chi connectivity index (χ1v) is 11.3. The molecule has 8 heteroatoms. The zero-order valence-corrected chi connectivity index (χ0v) is 21.1. The third-order valence-electron chi connectivity index (χ3n) is 6.06. The molecule has 1 aromatic carbocycles. The number of hydrogen-bond donors (Lipinski definition) is 2. The van der Waals surface area contributed by atoms with Crippen LogP contribution in [0.3, 0.4) is 0 Å². The number of likely N-dealkylation sites (tertiary alicyclic amines) is 1. The minimum absolute atomic E-state index is 0. The highest BCUT2D eigenvalue weighted by atomic mass is 127. The Morgan fingerprint density at radius 3 is 2.26 bits per heavy atom. The summed E-state index contributed by atoms with van der Waals surface area (Å²) in [6, 6.07) is 7.74. The lowest BCUT2D eigenvalue weighted by molar-refractivity contribution is 0.0652. The summed E-state index contributed by atoms with van der Waals surface area (Å²) < 4.78 is 0. The summed E-state index contributed by atoms with van der Waals surface area (Å²) in [6.07, 6.45) is 6.73. The van der Waals surface area contributed by atoms with Crippen LogP contribution in [-0.2, 0) is 0 Å². The van der Waals surface area contributed by atoms with Gasteiger partial charge in [0, 0.05) is 39.3 Å². The van der Waals surface area contributed by atoms with Gasteiger partial charge in [-0.05, 0) is 57.7 Å². The molecular formula is C23H36IN5O2. The number of carbonyl (C=O) groups is 2. The van der Waals surface area contributed by atoms with Crippen molar-refractivity contribution in [2.24, 2.45) is 4.99 Å². The van der Waals surface area contributed by atoms with Crippen LogP contribution in [-0.4, -0.2) is 73.4 Å². The van der Waals surface area contributed by atoms with Crippen LogP contribution < -0.4 is 10.6 Å². The average Bonchev–Trinajstić information content (AvgIpc) is 3.01. The molecule has 2 aliphatic heterocycles.